The third-order valence-corrected chi connectivity index (χ3v) is 4.44. The van der Waals surface area contributed by atoms with Crippen molar-refractivity contribution in [2.75, 3.05) is 7.05 Å². The lowest BCUT2D eigenvalue weighted by atomic mass is 9.97. The van der Waals surface area contributed by atoms with Gasteiger partial charge in [0.15, 0.2) is 0 Å². The van der Waals surface area contributed by atoms with Crippen LogP contribution in [0.2, 0.25) is 5.02 Å². The van der Waals surface area contributed by atoms with Gasteiger partial charge in [0.05, 0.1) is 0 Å². The first kappa shape index (κ1) is 11.2. The zero-order valence-electron chi connectivity index (χ0n) is 8.68. The maximum Gasteiger partial charge on any atom is 0.128 e. The lowest BCUT2D eigenvalue weighted by Crippen LogP contribution is -2.30. The first-order chi connectivity index (χ1) is 7.15. The average Bonchev–Trinajstić information content (AvgIpc) is 2.23. The molecule has 4 heteroatoms. The fraction of sp³-hybridized carbons (Fsp3) is 0.455. The molecule has 1 N–H and O–H groups in total. The second-order valence-corrected chi connectivity index (χ2v) is 5.48. The molecule has 2 unspecified atom stereocenters. The Kier molecular flexibility index (Phi) is 3.24. The lowest BCUT2D eigenvalue weighted by Gasteiger charge is -2.31. The van der Waals surface area contributed by atoms with Crippen LogP contribution in [-0.4, -0.2) is 12.3 Å². The Morgan fingerprint density at radius 3 is 2.93 bits per heavy atom. The average molecular weight is 246 g/mol. The van der Waals surface area contributed by atoms with Crippen LogP contribution in [0.5, 0.6) is 0 Å². The van der Waals surface area contributed by atoms with Crippen LogP contribution < -0.4 is 5.32 Å². The van der Waals surface area contributed by atoms with Gasteiger partial charge in [-0.3, -0.25) is 0 Å². The SMILES string of the molecule is CNC1c2c(F)ccc(Cl)c2CSC1C. The molecule has 2 rings (SSSR count). The monoisotopic (exact) mass is 245 g/mol. The molecule has 0 aliphatic carbocycles. The largest absolute Gasteiger partial charge is 0.312 e. The smallest absolute Gasteiger partial charge is 0.128 e. The van der Waals surface area contributed by atoms with Crippen molar-refractivity contribution in [3.05, 3.63) is 34.1 Å². The third-order valence-electron chi connectivity index (χ3n) is 2.83. The number of benzene rings is 1. The summed E-state index contributed by atoms with van der Waals surface area (Å²) >= 11 is 7.88. The minimum atomic E-state index is -0.152. The van der Waals surface area contributed by atoms with Crippen molar-refractivity contribution >= 4 is 23.4 Å². The third kappa shape index (κ3) is 1.88. The highest BCUT2D eigenvalue weighted by atomic mass is 35.5. The second-order valence-electron chi connectivity index (χ2n) is 3.70. The number of hydrogen-bond donors (Lipinski definition) is 1. The molecule has 1 aliphatic rings. The van der Waals surface area contributed by atoms with E-state index in [0.29, 0.717) is 10.3 Å². The molecule has 1 aromatic carbocycles. The quantitative estimate of drug-likeness (QED) is 0.814. The van der Waals surface area contributed by atoms with Crippen LogP contribution in [-0.2, 0) is 5.75 Å². The van der Waals surface area contributed by atoms with Crippen molar-refractivity contribution in [2.45, 2.75) is 24.0 Å². The van der Waals surface area contributed by atoms with Crippen molar-refractivity contribution in [1.82, 2.24) is 5.32 Å². The summed E-state index contributed by atoms with van der Waals surface area (Å²) in [5.74, 6) is 0.645. The fourth-order valence-electron chi connectivity index (χ4n) is 2.02. The van der Waals surface area contributed by atoms with E-state index in [-0.39, 0.29) is 11.9 Å². The summed E-state index contributed by atoms with van der Waals surface area (Å²) in [6.45, 7) is 2.11. The minimum Gasteiger partial charge on any atom is -0.312 e. The minimum absolute atomic E-state index is 0.0532. The van der Waals surface area contributed by atoms with Crippen LogP contribution >= 0.6 is 23.4 Å². The highest BCUT2D eigenvalue weighted by molar-refractivity contribution is 7.99. The first-order valence-electron chi connectivity index (χ1n) is 4.90. The van der Waals surface area contributed by atoms with Crippen molar-refractivity contribution in [3.63, 3.8) is 0 Å². The van der Waals surface area contributed by atoms with Gasteiger partial charge >= 0.3 is 0 Å². The standard InChI is InChI=1S/C11H13ClFNS/c1-6-11(14-2)10-7(5-15-6)8(12)3-4-9(10)13/h3-4,6,11,14H,5H2,1-2H3. The summed E-state index contributed by atoms with van der Waals surface area (Å²) < 4.78 is 13.8. The van der Waals surface area contributed by atoms with Gasteiger partial charge in [-0.2, -0.15) is 11.8 Å². The van der Waals surface area contributed by atoms with Crippen LogP contribution in [0.25, 0.3) is 0 Å². The number of hydrogen-bond acceptors (Lipinski definition) is 2. The van der Waals surface area contributed by atoms with E-state index >= 15 is 0 Å². The molecule has 2 atom stereocenters. The normalized spacial score (nSPS) is 25.1. The molecule has 82 valence electrons. The molecule has 1 aliphatic heterocycles. The molecule has 0 amide bonds. The highest BCUT2D eigenvalue weighted by Gasteiger charge is 2.29. The molecular weight excluding hydrogens is 233 g/mol. The van der Waals surface area contributed by atoms with E-state index in [0.717, 1.165) is 16.9 Å². The molecule has 0 bridgehead atoms. The van der Waals surface area contributed by atoms with Crippen molar-refractivity contribution in [2.24, 2.45) is 0 Å². The Bertz CT molecular complexity index is 383. The highest BCUT2D eigenvalue weighted by Crippen LogP contribution is 2.41. The molecular formula is C11H13ClFNS. The van der Waals surface area contributed by atoms with Crippen LogP contribution in [0.4, 0.5) is 4.39 Å². The van der Waals surface area contributed by atoms with Gasteiger partial charge in [0.2, 0.25) is 0 Å². The van der Waals surface area contributed by atoms with Gasteiger partial charge in [-0.25, -0.2) is 4.39 Å². The molecule has 1 nitrogen and oxygen atoms in total. The second kappa shape index (κ2) is 4.32. The van der Waals surface area contributed by atoms with Crippen LogP contribution in [0, 0.1) is 5.82 Å². The van der Waals surface area contributed by atoms with Gasteiger partial charge < -0.3 is 5.32 Å². The topological polar surface area (TPSA) is 12.0 Å². The Hall–Kier alpha value is -0.250. The van der Waals surface area contributed by atoms with E-state index < -0.39 is 0 Å². The van der Waals surface area contributed by atoms with Gasteiger partial charge in [0, 0.05) is 27.6 Å². The van der Waals surface area contributed by atoms with E-state index in [1.807, 2.05) is 7.05 Å². The van der Waals surface area contributed by atoms with E-state index in [9.17, 15) is 4.39 Å². The van der Waals surface area contributed by atoms with E-state index in [2.05, 4.69) is 12.2 Å². The maximum atomic E-state index is 13.8. The Morgan fingerprint density at radius 1 is 1.53 bits per heavy atom. The predicted octanol–water partition coefficient (Wildman–Crippen LogP) is 3.37. The number of fused-ring (bicyclic) bond motifs is 1. The Morgan fingerprint density at radius 2 is 2.27 bits per heavy atom. The van der Waals surface area contributed by atoms with Crippen LogP contribution in [0.3, 0.4) is 0 Å². The van der Waals surface area contributed by atoms with Crippen LogP contribution in [0.15, 0.2) is 12.1 Å². The fourth-order valence-corrected chi connectivity index (χ4v) is 3.53. The molecule has 0 saturated heterocycles. The summed E-state index contributed by atoms with van der Waals surface area (Å²) in [5, 5.41) is 4.20. The number of halogens is 2. The molecule has 0 fully saturated rings. The lowest BCUT2D eigenvalue weighted by molar-refractivity contribution is 0.524. The van der Waals surface area contributed by atoms with Crippen molar-refractivity contribution < 1.29 is 4.39 Å². The van der Waals surface area contributed by atoms with Crippen molar-refractivity contribution in [3.8, 4) is 0 Å². The number of rotatable bonds is 1. The maximum absolute atomic E-state index is 13.8. The zero-order chi connectivity index (χ0) is 11.0. The Labute approximate surface area is 98.4 Å². The molecule has 1 aromatic rings. The van der Waals surface area contributed by atoms with Gasteiger partial charge in [-0.1, -0.05) is 18.5 Å². The van der Waals surface area contributed by atoms with E-state index in [4.69, 9.17) is 11.6 Å². The number of thioether (sulfide) groups is 1. The molecule has 0 radical (unpaired) electrons. The van der Waals surface area contributed by atoms with Crippen LogP contribution in [0.1, 0.15) is 24.1 Å². The summed E-state index contributed by atoms with van der Waals surface area (Å²) in [6.07, 6.45) is 0. The molecule has 0 saturated carbocycles. The van der Waals surface area contributed by atoms with Gasteiger partial charge in [0.1, 0.15) is 5.82 Å². The van der Waals surface area contributed by atoms with Gasteiger partial charge in [0.25, 0.3) is 0 Å². The number of nitrogens with one attached hydrogen (secondary N) is 1. The summed E-state index contributed by atoms with van der Waals surface area (Å²) in [6, 6.07) is 3.14. The van der Waals surface area contributed by atoms with Gasteiger partial charge in [-0.05, 0) is 24.7 Å². The summed E-state index contributed by atoms with van der Waals surface area (Å²) in [5.41, 5.74) is 1.69. The first-order valence-corrected chi connectivity index (χ1v) is 6.33. The Balaban J connectivity index is 2.56. The van der Waals surface area contributed by atoms with E-state index in [1.54, 1.807) is 17.8 Å². The molecule has 1 heterocycles. The van der Waals surface area contributed by atoms with E-state index in [1.165, 1.54) is 6.07 Å². The molecule has 15 heavy (non-hydrogen) atoms. The summed E-state index contributed by atoms with van der Waals surface area (Å²) in [4.78, 5) is 0. The summed E-state index contributed by atoms with van der Waals surface area (Å²) in [7, 11) is 1.86. The zero-order valence-corrected chi connectivity index (χ0v) is 10.3. The van der Waals surface area contributed by atoms with Gasteiger partial charge in [-0.15, -0.1) is 0 Å². The molecule has 0 aromatic heterocycles. The molecule has 0 spiro atoms. The van der Waals surface area contributed by atoms with Crippen molar-refractivity contribution in [1.29, 1.82) is 0 Å². The predicted molar refractivity (Wildman–Crippen MR) is 64.0 cm³/mol.